The standard InChI is InChI=1S/C10H17N/c1-4-10(5-2)9(3)7-6-8-11/h4,6-7H,1,5,8,11H2,2-3H3/b7-6-,10-9+. The fourth-order valence-electron chi connectivity index (χ4n) is 0.936. The van der Waals surface area contributed by atoms with Gasteiger partial charge in [0.05, 0.1) is 0 Å². The highest BCUT2D eigenvalue weighted by atomic mass is 14.5. The van der Waals surface area contributed by atoms with Crippen molar-refractivity contribution in [1.82, 2.24) is 0 Å². The Morgan fingerprint density at radius 2 is 2.18 bits per heavy atom. The third-order valence-corrected chi connectivity index (χ3v) is 1.64. The molecule has 0 amide bonds. The summed E-state index contributed by atoms with van der Waals surface area (Å²) in [5.41, 5.74) is 7.87. The SMILES string of the molecule is C=C/C(CC)=C(C)\C=C/CN. The molecule has 0 aliphatic carbocycles. The molecule has 0 fully saturated rings. The highest BCUT2D eigenvalue weighted by Gasteiger charge is 1.90. The summed E-state index contributed by atoms with van der Waals surface area (Å²) >= 11 is 0. The molecular weight excluding hydrogens is 134 g/mol. The van der Waals surface area contributed by atoms with E-state index in [1.165, 1.54) is 11.1 Å². The Morgan fingerprint density at radius 3 is 2.55 bits per heavy atom. The first kappa shape index (κ1) is 10.2. The monoisotopic (exact) mass is 151 g/mol. The van der Waals surface area contributed by atoms with E-state index in [1.807, 2.05) is 18.2 Å². The third kappa shape index (κ3) is 3.79. The summed E-state index contributed by atoms with van der Waals surface area (Å²) in [4.78, 5) is 0. The van der Waals surface area contributed by atoms with Crippen LogP contribution in [0.25, 0.3) is 0 Å². The number of rotatable bonds is 4. The molecule has 0 atom stereocenters. The second kappa shape index (κ2) is 5.93. The zero-order valence-electron chi connectivity index (χ0n) is 7.43. The molecule has 0 radical (unpaired) electrons. The first-order chi connectivity index (χ1) is 5.26. The van der Waals surface area contributed by atoms with Crippen molar-refractivity contribution in [2.45, 2.75) is 20.3 Å². The summed E-state index contributed by atoms with van der Waals surface area (Å²) in [5.74, 6) is 0. The minimum absolute atomic E-state index is 0.603. The molecule has 0 spiro atoms. The number of hydrogen-bond donors (Lipinski definition) is 1. The number of hydrogen-bond acceptors (Lipinski definition) is 1. The molecule has 0 aromatic carbocycles. The van der Waals surface area contributed by atoms with Crippen molar-refractivity contribution < 1.29 is 0 Å². The average molecular weight is 151 g/mol. The van der Waals surface area contributed by atoms with Gasteiger partial charge in [-0.3, -0.25) is 0 Å². The van der Waals surface area contributed by atoms with Crippen molar-refractivity contribution in [3.05, 3.63) is 36.0 Å². The Kier molecular flexibility index (Phi) is 5.49. The van der Waals surface area contributed by atoms with Crippen molar-refractivity contribution >= 4 is 0 Å². The van der Waals surface area contributed by atoms with Gasteiger partial charge in [0.15, 0.2) is 0 Å². The summed E-state index contributed by atoms with van der Waals surface area (Å²) in [5, 5.41) is 0. The Balaban J connectivity index is 4.34. The molecule has 1 heteroatoms. The van der Waals surface area contributed by atoms with E-state index in [4.69, 9.17) is 5.73 Å². The molecule has 0 aromatic heterocycles. The van der Waals surface area contributed by atoms with Crippen LogP contribution in [0.5, 0.6) is 0 Å². The smallest absolute Gasteiger partial charge is 0.0110 e. The van der Waals surface area contributed by atoms with Crippen LogP contribution in [0.4, 0.5) is 0 Å². The van der Waals surface area contributed by atoms with Gasteiger partial charge in [0, 0.05) is 6.54 Å². The molecular formula is C10H17N. The Morgan fingerprint density at radius 1 is 1.55 bits per heavy atom. The topological polar surface area (TPSA) is 26.0 Å². The van der Waals surface area contributed by atoms with E-state index in [0.717, 1.165) is 6.42 Å². The second-order valence-electron chi connectivity index (χ2n) is 2.40. The van der Waals surface area contributed by atoms with Gasteiger partial charge >= 0.3 is 0 Å². The first-order valence-electron chi connectivity index (χ1n) is 3.95. The van der Waals surface area contributed by atoms with Gasteiger partial charge in [0.1, 0.15) is 0 Å². The molecule has 0 aliphatic heterocycles. The highest BCUT2D eigenvalue weighted by Crippen LogP contribution is 2.09. The van der Waals surface area contributed by atoms with E-state index in [-0.39, 0.29) is 0 Å². The predicted molar refractivity (Wildman–Crippen MR) is 51.4 cm³/mol. The fraction of sp³-hybridized carbons (Fsp3) is 0.400. The van der Waals surface area contributed by atoms with E-state index < -0.39 is 0 Å². The summed E-state index contributed by atoms with van der Waals surface area (Å²) in [6.45, 7) is 8.54. The lowest BCUT2D eigenvalue weighted by Gasteiger charge is -1.99. The van der Waals surface area contributed by atoms with Crippen molar-refractivity contribution in [1.29, 1.82) is 0 Å². The zero-order valence-corrected chi connectivity index (χ0v) is 7.43. The van der Waals surface area contributed by atoms with E-state index in [1.54, 1.807) is 0 Å². The molecule has 11 heavy (non-hydrogen) atoms. The van der Waals surface area contributed by atoms with Gasteiger partial charge in [-0.15, -0.1) is 0 Å². The molecule has 0 aromatic rings. The van der Waals surface area contributed by atoms with Crippen LogP contribution in [0, 0.1) is 0 Å². The molecule has 62 valence electrons. The number of nitrogens with two attached hydrogens (primary N) is 1. The highest BCUT2D eigenvalue weighted by molar-refractivity contribution is 5.30. The van der Waals surface area contributed by atoms with Crippen LogP contribution >= 0.6 is 0 Å². The lowest BCUT2D eigenvalue weighted by Crippen LogP contribution is -1.92. The molecule has 0 unspecified atom stereocenters. The third-order valence-electron chi connectivity index (χ3n) is 1.64. The van der Waals surface area contributed by atoms with Crippen LogP contribution in [0.3, 0.4) is 0 Å². The van der Waals surface area contributed by atoms with Gasteiger partial charge in [-0.2, -0.15) is 0 Å². The summed E-state index contributed by atoms with van der Waals surface area (Å²) in [6, 6.07) is 0. The van der Waals surface area contributed by atoms with Crippen LogP contribution in [0.15, 0.2) is 36.0 Å². The Hall–Kier alpha value is -0.820. The van der Waals surface area contributed by atoms with Crippen molar-refractivity contribution in [3.63, 3.8) is 0 Å². The van der Waals surface area contributed by atoms with Crippen molar-refractivity contribution in [3.8, 4) is 0 Å². The van der Waals surface area contributed by atoms with Crippen LogP contribution in [0.1, 0.15) is 20.3 Å². The van der Waals surface area contributed by atoms with Crippen LogP contribution < -0.4 is 5.73 Å². The normalized spacial score (nSPS) is 13.4. The molecule has 0 aliphatic rings. The second-order valence-corrected chi connectivity index (χ2v) is 2.40. The van der Waals surface area contributed by atoms with E-state index in [0.29, 0.717) is 6.54 Å². The molecule has 0 rings (SSSR count). The maximum absolute atomic E-state index is 5.32. The van der Waals surface area contributed by atoms with E-state index >= 15 is 0 Å². The minimum Gasteiger partial charge on any atom is -0.327 e. The summed E-state index contributed by atoms with van der Waals surface area (Å²) in [6.07, 6.45) is 6.93. The summed E-state index contributed by atoms with van der Waals surface area (Å²) in [7, 11) is 0. The van der Waals surface area contributed by atoms with Crippen molar-refractivity contribution in [2.75, 3.05) is 6.54 Å². The quantitative estimate of drug-likeness (QED) is 0.613. The van der Waals surface area contributed by atoms with E-state index in [2.05, 4.69) is 20.4 Å². The lowest BCUT2D eigenvalue weighted by molar-refractivity contribution is 1.12. The van der Waals surface area contributed by atoms with Crippen LogP contribution in [-0.4, -0.2) is 6.54 Å². The molecule has 0 heterocycles. The van der Waals surface area contributed by atoms with Gasteiger partial charge in [-0.25, -0.2) is 0 Å². The average Bonchev–Trinajstić information content (AvgIpc) is 2.03. The zero-order chi connectivity index (χ0) is 8.69. The van der Waals surface area contributed by atoms with Gasteiger partial charge in [0.25, 0.3) is 0 Å². The predicted octanol–water partition coefficient (Wildman–Crippen LogP) is 2.41. The number of allylic oxidation sites excluding steroid dienone is 4. The molecule has 0 saturated heterocycles. The summed E-state index contributed by atoms with van der Waals surface area (Å²) < 4.78 is 0. The van der Waals surface area contributed by atoms with Gasteiger partial charge < -0.3 is 5.73 Å². The van der Waals surface area contributed by atoms with Crippen molar-refractivity contribution in [2.24, 2.45) is 5.73 Å². The maximum atomic E-state index is 5.32. The van der Waals surface area contributed by atoms with Crippen LogP contribution in [0.2, 0.25) is 0 Å². The fourth-order valence-corrected chi connectivity index (χ4v) is 0.936. The molecule has 0 saturated carbocycles. The Labute approximate surface area is 69.3 Å². The first-order valence-corrected chi connectivity index (χ1v) is 3.95. The molecule has 2 N–H and O–H groups in total. The molecule has 1 nitrogen and oxygen atoms in total. The maximum Gasteiger partial charge on any atom is 0.0110 e. The lowest BCUT2D eigenvalue weighted by atomic mass is 10.1. The largest absolute Gasteiger partial charge is 0.327 e. The van der Waals surface area contributed by atoms with Gasteiger partial charge in [0.2, 0.25) is 0 Å². The minimum atomic E-state index is 0.603. The van der Waals surface area contributed by atoms with Crippen LogP contribution in [-0.2, 0) is 0 Å². The van der Waals surface area contributed by atoms with Gasteiger partial charge in [-0.05, 0) is 24.5 Å². The van der Waals surface area contributed by atoms with E-state index in [9.17, 15) is 0 Å². The van der Waals surface area contributed by atoms with Gasteiger partial charge in [-0.1, -0.05) is 31.7 Å². The Bertz CT molecular complexity index is 175. The molecule has 0 bridgehead atoms.